The van der Waals surface area contributed by atoms with Gasteiger partial charge in [0, 0.05) is 17.7 Å². The standard InChI is InChI=1S/C33H25F3N4O2S/c34-24-11-9-21(10-12-24)18-37-28(41)19-39-29(42)20-43-32(23-7-4-8-26(36)17-23)30-31(22-5-2-1-3-6-22)38-40(33(30)39)27-15-13-25(35)14-16-27/h1-17,32H,18-20H2,(H,37,41)/t32-/m0/s1. The first-order valence-corrected chi connectivity index (χ1v) is 14.5. The van der Waals surface area contributed by atoms with E-state index in [4.69, 9.17) is 5.10 Å². The van der Waals surface area contributed by atoms with Gasteiger partial charge >= 0.3 is 0 Å². The first-order chi connectivity index (χ1) is 20.9. The Morgan fingerprint density at radius 1 is 0.860 bits per heavy atom. The quantitative estimate of drug-likeness (QED) is 0.234. The largest absolute Gasteiger partial charge is 0.350 e. The molecule has 0 aliphatic carbocycles. The van der Waals surface area contributed by atoms with Gasteiger partial charge in [-0.25, -0.2) is 17.9 Å². The normalized spacial score (nSPS) is 14.7. The molecule has 2 heterocycles. The van der Waals surface area contributed by atoms with Gasteiger partial charge in [-0.2, -0.15) is 5.10 Å². The Labute approximate surface area is 250 Å². The zero-order valence-corrected chi connectivity index (χ0v) is 23.5. The van der Waals surface area contributed by atoms with Crippen LogP contribution in [0.5, 0.6) is 0 Å². The molecule has 0 saturated heterocycles. The summed E-state index contributed by atoms with van der Waals surface area (Å²) in [5.41, 5.74) is 3.75. The van der Waals surface area contributed by atoms with Gasteiger partial charge in [0.05, 0.1) is 22.4 Å². The summed E-state index contributed by atoms with van der Waals surface area (Å²) in [4.78, 5) is 28.4. The van der Waals surface area contributed by atoms with Gasteiger partial charge in [0.25, 0.3) is 0 Å². The Kier molecular flexibility index (Phi) is 8.02. The van der Waals surface area contributed by atoms with Crippen molar-refractivity contribution in [3.8, 4) is 16.9 Å². The van der Waals surface area contributed by atoms with Crippen molar-refractivity contribution in [2.45, 2.75) is 11.8 Å². The number of hydrogen-bond acceptors (Lipinski definition) is 4. The van der Waals surface area contributed by atoms with E-state index < -0.39 is 22.8 Å². The number of carbonyl (C=O) groups excluding carboxylic acids is 2. The maximum absolute atomic E-state index is 14.5. The molecule has 1 aliphatic heterocycles. The molecule has 0 saturated carbocycles. The Balaban J connectivity index is 1.49. The molecule has 4 aromatic carbocycles. The molecular weight excluding hydrogens is 573 g/mol. The van der Waals surface area contributed by atoms with E-state index in [9.17, 15) is 22.8 Å². The fourth-order valence-electron chi connectivity index (χ4n) is 5.03. The number of nitrogens with one attached hydrogen (secondary N) is 1. The molecule has 0 bridgehead atoms. The van der Waals surface area contributed by atoms with Crippen LogP contribution in [0.3, 0.4) is 0 Å². The minimum absolute atomic E-state index is 0.0126. The highest BCUT2D eigenvalue weighted by atomic mass is 32.2. The number of fused-ring (bicyclic) bond motifs is 1. The van der Waals surface area contributed by atoms with Crippen LogP contribution >= 0.6 is 11.8 Å². The van der Waals surface area contributed by atoms with E-state index in [0.29, 0.717) is 33.9 Å². The summed E-state index contributed by atoms with van der Waals surface area (Å²) in [5.74, 6) is -1.67. The fraction of sp³-hybridized carbons (Fsp3) is 0.121. The third kappa shape index (κ3) is 6.05. The highest BCUT2D eigenvalue weighted by Crippen LogP contribution is 2.48. The Morgan fingerprint density at radius 3 is 2.26 bits per heavy atom. The molecule has 0 unspecified atom stereocenters. The van der Waals surface area contributed by atoms with E-state index in [1.54, 1.807) is 41.1 Å². The molecule has 5 aromatic rings. The smallest absolute Gasteiger partial charge is 0.240 e. The monoisotopic (exact) mass is 598 g/mol. The highest BCUT2D eigenvalue weighted by molar-refractivity contribution is 8.00. The number of amides is 2. The molecule has 10 heteroatoms. The van der Waals surface area contributed by atoms with Gasteiger partial charge in [0.1, 0.15) is 29.8 Å². The van der Waals surface area contributed by atoms with Crippen LogP contribution in [0.4, 0.5) is 19.0 Å². The number of halogens is 3. The van der Waals surface area contributed by atoms with Crippen molar-refractivity contribution in [2.24, 2.45) is 0 Å². The number of aromatic nitrogens is 2. The van der Waals surface area contributed by atoms with Gasteiger partial charge in [-0.1, -0.05) is 54.6 Å². The second-order valence-electron chi connectivity index (χ2n) is 9.97. The number of hydrogen-bond donors (Lipinski definition) is 1. The van der Waals surface area contributed by atoms with Crippen LogP contribution in [-0.2, 0) is 16.1 Å². The average molecular weight is 599 g/mol. The molecule has 43 heavy (non-hydrogen) atoms. The number of benzene rings is 4. The predicted octanol–water partition coefficient (Wildman–Crippen LogP) is 6.44. The van der Waals surface area contributed by atoms with E-state index >= 15 is 0 Å². The third-order valence-electron chi connectivity index (χ3n) is 7.06. The topological polar surface area (TPSA) is 67.2 Å². The van der Waals surface area contributed by atoms with E-state index in [1.807, 2.05) is 30.3 Å². The molecule has 216 valence electrons. The second-order valence-corrected chi connectivity index (χ2v) is 11.1. The van der Waals surface area contributed by atoms with Crippen LogP contribution < -0.4 is 10.2 Å². The predicted molar refractivity (Wildman–Crippen MR) is 160 cm³/mol. The summed E-state index contributed by atoms with van der Waals surface area (Å²) in [5, 5.41) is 7.22. The SMILES string of the molecule is O=C(CN1C(=O)CS[C@@H](c2cccc(F)c2)c2c(-c3ccccc3)nn(-c3ccc(F)cc3)c21)NCc1ccc(F)cc1. The molecule has 6 nitrogen and oxygen atoms in total. The lowest BCUT2D eigenvalue weighted by Crippen LogP contribution is -2.42. The Bertz CT molecular complexity index is 1780. The zero-order chi connectivity index (χ0) is 29.9. The average Bonchev–Trinajstić information content (AvgIpc) is 3.34. The van der Waals surface area contributed by atoms with Crippen LogP contribution in [0.2, 0.25) is 0 Å². The maximum atomic E-state index is 14.5. The first-order valence-electron chi connectivity index (χ1n) is 13.5. The van der Waals surface area contributed by atoms with E-state index in [1.165, 1.54) is 53.1 Å². The van der Waals surface area contributed by atoms with Crippen molar-refractivity contribution < 1.29 is 22.8 Å². The van der Waals surface area contributed by atoms with Crippen LogP contribution in [0.25, 0.3) is 16.9 Å². The van der Waals surface area contributed by atoms with Gasteiger partial charge in [0.15, 0.2) is 0 Å². The molecule has 6 rings (SSSR count). The van der Waals surface area contributed by atoms with Crippen LogP contribution in [0, 0.1) is 17.5 Å². The van der Waals surface area contributed by atoms with Crippen molar-refractivity contribution in [1.29, 1.82) is 0 Å². The maximum Gasteiger partial charge on any atom is 0.240 e. The molecule has 1 N–H and O–H groups in total. The number of rotatable bonds is 7. The summed E-state index contributed by atoms with van der Waals surface area (Å²) < 4.78 is 43.3. The lowest BCUT2D eigenvalue weighted by atomic mass is 9.99. The molecular formula is C33H25F3N4O2S. The number of anilines is 1. The number of thioether (sulfide) groups is 1. The molecule has 0 fully saturated rings. The van der Waals surface area contributed by atoms with E-state index in [-0.39, 0.29) is 30.6 Å². The summed E-state index contributed by atoms with van der Waals surface area (Å²) in [6, 6.07) is 27.0. The van der Waals surface area contributed by atoms with Crippen LogP contribution in [0.1, 0.15) is 21.9 Å². The third-order valence-corrected chi connectivity index (χ3v) is 8.32. The van der Waals surface area contributed by atoms with E-state index in [2.05, 4.69) is 5.32 Å². The van der Waals surface area contributed by atoms with Gasteiger partial charge < -0.3 is 5.32 Å². The summed E-state index contributed by atoms with van der Waals surface area (Å²) in [6.45, 7) is -0.189. The van der Waals surface area contributed by atoms with Crippen molar-refractivity contribution in [1.82, 2.24) is 15.1 Å². The van der Waals surface area contributed by atoms with Crippen molar-refractivity contribution >= 4 is 29.4 Å². The van der Waals surface area contributed by atoms with Gasteiger partial charge in [0.2, 0.25) is 11.8 Å². The van der Waals surface area contributed by atoms with Gasteiger partial charge in [-0.3, -0.25) is 14.5 Å². The minimum Gasteiger partial charge on any atom is -0.350 e. The molecule has 1 aliphatic rings. The Hall–Kier alpha value is -4.83. The van der Waals surface area contributed by atoms with Crippen molar-refractivity contribution in [2.75, 3.05) is 17.2 Å². The zero-order valence-electron chi connectivity index (χ0n) is 22.7. The lowest BCUT2D eigenvalue weighted by molar-refractivity contribution is -0.123. The molecule has 0 spiro atoms. The van der Waals surface area contributed by atoms with Crippen molar-refractivity contribution in [3.63, 3.8) is 0 Å². The van der Waals surface area contributed by atoms with Crippen molar-refractivity contribution in [3.05, 3.63) is 137 Å². The minimum atomic E-state index is -0.508. The highest BCUT2D eigenvalue weighted by Gasteiger charge is 2.37. The van der Waals surface area contributed by atoms with Gasteiger partial charge in [-0.15, -0.1) is 11.8 Å². The molecule has 0 radical (unpaired) electrons. The summed E-state index contributed by atoms with van der Waals surface area (Å²) in [6.07, 6.45) is 0. The van der Waals surface area contributed by atoms with Gasteiger partial charge in [-0.05, 0) is 59.7 Å². The number of carbonyl (C=O) groups is 2. The second kappa shape index (κ2) is 12.2. The summed E-state index contributed by atoms with van der Waals surface area (Å²) in [7, 11) is 0. The fourth-order valence-corrected chi connectivity index (χ4v) is 6.21. The van der Waals surface area contributed by atoms with Crippen LogP contribution in [0.15, 0.2) is 103 Å². The molecule has 2 amide bonds. The van der Waals surface area contributed by atoms with E-state index in [0.717, 1.165) is 5.56 Å². The molecule has 1 aromatic heterocycles. The lowest BCUT2D eigenvalue weighted by Gasteiger charge is -2.23. The number of nitrogens with zero attached hydrogens (tertiary/aromatic N) is 3. The molecule has 1 atom stereocenters. The first kappa shape index (κ1) is 28.3. The Morgan fingerprint density at radius 2 is 1.56 bits per heavy atom. The summed E-state index contributed by atoms with van der Waals surface area (Å²) >= 11 is 1.32. The van der Waals surface area contributed by atoms with Crippen LogP contribution in [-0.4, -0.2) is 33.9 Å².